The molecule has 1 heterocycles. The number of aryl methyl sites for hydroxylation is 1. The zero-order chi connectivity index (χ0) is 18.0. The molecule has 1 N–H and O–H groups in total. The van der Waals surface area contributed by atoms with Crippen molar-refractivity contribution in [3.63, 3.8) is 0 Å². The van der Waals surface area contributed by atoms with Crippen molar-refractivity contribution in [3.05, 3.63) is 35.4 Å². The molecule has 1 atom stereocenters. The third-order valence-electron chi connectivity index (χ3n) is 4.97. The van der Waals surface area contributed by atoms with Crippen molar-refractivity contribution in [2.75, 3.05) is 13.1 Å². The average Bonchev–Trinajstić information content (AvgIpc) is 2.96. The van der Waals surface area contributed by atoms with Gasteiger partial charge in [-0.3, -0.25) is 4.79 Å². The zero-order valence-electron chi connectivity index (χ0n) is 15.4. The highest BCUT2D eigenvalue weighted by Gasteiger charge is 2.32. The van der Waals surface area contributed by atoms with Crippen LogP contribution in [0.15, 0.2) is 24.3 Å². The number of nitrogens with zero attached hydrogens (tertiary/aromatic N) is 1. The van der Waals surface area contributed by atoms with E-state index in [1.165, 1.54) is 11.1 Å². The molecule has 0 spiro atoms. The van der Waals surface area contributed by atoms with Crippen molar-refractivity contribution in [3.8, 4) is 0 Å². The Balaban J connectivity index is 1.50. The van der Waals surface area contributed by atoms with E-state index >= 15 is 0 Å². The number of hydrogen-bond acceptors (Lipinski definition) is 3. The Kier molecular flexibility index (Phi) is 5.02. The monoisotopic (exact) mass is 344 g/mol. The predicted molar refractivity (Wildman–Crippen MR) is 96.2 cm³/mol. The summed E-state index contributed by atoms with van der Waals surface area (Å²) < 4.78 is 5.41. The van der Waals surface area contributed by atoms with Crippen LogP contribution in [-0.4, -0.2) is 35.6 Å². The lowest BCUT2D eigenvalue weighted by molar-refractivity contribution is -0.127. The average molecular weight is 344 g/mol. The van der Waals surface area contributed by atoms with Gasteiger partial charge in [-0.1, -0.05) is 24.3 Å². The van der Waals surface area contributed by atoms with Gasteiger partial charge in [0.1, 0.15) is 5.60 Å². The highest BCUT2D eigenvalue weighted by atomic mass is 16.6. The Labute approximate surface area is 149 Å². The van der Waals surface area contributed by atoms with E-state index in [0.717, 1.165) is 12.8 Å². The predicted octanol–water partition coefficient (Wildman–Crippen LogP) is 3.44. The van der Waals surface area contributed by atoms with Crippen LogP contribution in [0.25, 0.3) is 0 Å². The second-order valence-corrected chi connectivity index (χ2v) is 8.04. The van der Waals surface area contributed by atoms with Gasteiger partial charge in [-0.15, -0.1) is 0 Å². The van der Waals surface area contributed by atoms with Gasteiger partial charge in [0.15, 0.2) is 0 Å². The molecule has 0 aromatic heterocycles. The largest absolute Gasteiger partial charge is 0.444 e. The van der Waals surface area contributed by atoms with Crippen LogP contribution < -0.4 is 5.32 Å². The Morgan fingerprint density at radius 2 is 1.80 bits per heavy atom. The molecule has 5 nitrogen and oxygen atoms in total. The van der Waals surface area contributed by atoms with E-state index in [9.17, 15) is 9.59 Å². The van der Waals surface area contributed by atoms with Crippen molar-refractivity contribution in [2.45, 2.75) is 58.1 Å². The fourth-order valence-electron chi connectivity index (χ4n) is 3.65. The van der Waals surface area contributed by atoms with Crippen LogP contribution >= 0.6 is 0 Å². The quantitative estimate of drug-likeness (QED) is 0.894. The van der Waals surface area contributed by atoms with Crippen LogP contribution in [0.2, 0.25) is 0 Å². The molecule has 0 radical (unpaired) electrons. The van der Waals surface area contributed by atoms with Crippen molar-refractivity contribution in [1.82, 2.24) is 10.2 Å². The van der Waals surface area contributed by atoms with Gasteiger partial charge in [-0.25, -0.2) is 4.79 Å². The van der Waals surface area contributed by atoms with Gasteiger partial charge in [0.05, 0.1) is 6.04 Å². The summed E-state index contributed by atoms with van der Waals surface area (Å²) in [4.78, 5) is 26.4. The van der Waals surface area contributed by atoms with Crippen LogP contribution in [0.3, 0.4) is 0 Å². The first-order valence-corrected chi connectivity index (χ1v) is 9.19. The molecule has 1 unspecified atom stereocenters. The molecule has 2 amide bonds. The van der Waals surface area contributed by atoms with Crippen molar-refractivity contribution < 1.29 is 14.3 Å². The highest BCUT2D eigenvalue weighted by molar-refractivity contribution is 5.80. The molecule has 1 saturated heterocycles. The number of amides is 2. The molecule has 5 heteroatoms. The number of benzene rings is 1. The maximum Gasteiger partial charge on any atom is 0.410 e. The van der Waals surface area contributed by atoms with E-state index in [1.54, 1.807) is 4.90 Å². The summed E-state index contributed by atoms with van der Waals surface area (Å²) in [5.74, 6) is 0.0944. The normalized spacial score (nSPS) is 20.9. The second-order valence-electron chi connectivity index (χ2n) is 8.04. The Hall–Kier alpha value is -2.04. The first-order valence-electron chi connectivity index (χ1n) is 9.19. The topological polar surface area (TPSA) is 58.6 Å². The molecule has 0 saturated carbocycles. The lowest BCUT2D eigenvalue weighted by atomic mass is 9.95. The van der Waals surface area contributed by atoms with Gasteiger partial charge in [-0.2, -0.15) is 0 Å². The van der Waals surface area contributed by atoms with Gasteiger partial charge in [-0.05, 0) is 57.6 Å². The van der Waals surface area contributed by atoms with Gasteiger partial charge in [0.25, 0.3) is 0 Å². The number of rotatable bonds is 2. The van der Waals surface area contributed by atoms with Crippen LogP contribution in [-0.2, 0) is 16.0 Å². The van der Waals surface area contributed by atoms with Gasteiger partial charge in [0.2, 0.25) is 5.91 Å². The summed E-state index contributed by atoms with van der Waals surface area (Å²) >= 11 is 0. The standard InChI is InChI=1S/C20H28N2O3/c1-20(2,3)25-19(24)22-12-10-15(11-13-22)18(23)21-17-9-8-14-6-4-5-7-16(14)17/h4-7,15,17H,8-13H2,1-3H3,(H,21,23). The molecule has 1 fully saturated rings. The molecular weight excluding hydrogens is 316 g/mol. The summed E-state index contributed by atoms with van der Waals surface area (Å²) in [5, 5.41) is 3.21. The number of ether oxygens (including phenoxy) is 1. The van der Waals surface area contributed by atoms with E-state index < -0.39 is 5.60 Å². The minimum atomic E-state index is -0.485. The summed E-state index contributed by atoms with van der Waals surface area (Å²) in [6.45, 7) is 6.75. The molecule has 2 aliphatic rings. The lowest BCUT2D eigenvalue weighted by Crippen LogP contribution is -2.45. The molecular formula is C20H28N2O3. The molecule has 1 aliphatic heterocycles. The molecule has 0 bridgehead atoms. The van der Waals surface area contributed by atoms with Crippen LogP contribution in [0.4, 0.5) is 4.79 Å². The number of fused-ring (bicyclic) bond motifs is 1. The maximum absolute atomic E-state index is 12.6. The number of piperidine rings is 1. The second kappa shape index (κ2) is 7.06. The van der Waals surface area contributed by atoms with E-state index in [0.29, 0.717) is 25.9 Å². The Morgan fingerprint density at radius 1 is 1.12 bits per heavy atom. The van der Waals surface area contributed by atoms with Crippen LogP contribution in [0.5, 0.6) is 0 Å². The SMILES string of the molecule is CC(C)(C)OC(=O)N1CCC(C(=O)NC2CCc3ccccc32)CC1. The lowest BCUT2D eigenvalue weighted by Gasteiger charge is -2.33. The highest BCUT2D eigenvalue weighted by Crippen LogP contribution is 2.31. The summed E-state index contributed by atoms with van der Waals surface area (Å²) in [6.07, 6.45) is 3.11. The third-order valence-corrected chi connectivity index (χ3v) is 4.97. The van der Waals surface area contributed by atoms with Crippen LogP contribution in [0.1, 0.15) is 57.2 Å². The van der Waals surface area contributed by atoms with E-state index in [-0.39, 0.29) is 24.0 Å². The fourth-order valence-corrected chi connectivity index (χ4v) is 3.65. The minimum absolute atomic E-state index is 0.0218. The Bertz CT molecular complexity index is 643. The van der Waals surface area contributed by atoms with Crippen molar-refractivity contribution in [1.29, 1.82) is 0 Å². The van der Waals surface area contributed by atoms with Crippen molar-refractivity contribution in [2.24, 2.45) is 5.92 Å². The molecule has 136 valence electrons. The summed E-state index contributed by atoms with van der Waals surface area (Å²) in [7, 11) is 0. The Morgan fingerprint density at radius 3 is 2.48 bits per heavy atom. The first kappa shape index (κ1) is 17.8. The smallest absolute Gasteiger partial charge is 0.410 e. The van der Waals surface area contributed by atoms with E-state index in [1.807, 2.05) is 26.8 Å². The molecule has 1 aromatic carbocycles. The van der Waals surface area contributed by atoms with Gasteiger partial charge < -0.3 is 15.0 Å². The zero-order valence-corrected chi connectivity index (χ0v) is 15.4. The number of likely N-dealkylation sites (tertiary alicyclic amines) is 1. The fraction of sp³-hybridized carbons (Fsp3) is 0.600. The number of carbonyl (C=O) groups is 2. The molecule has 3 rings (SSSR count). The first-order chi connectivity index (χ1) is 11.8. The maximum atomic E-state index is 12.6. The van der Waals surface area contributed by atoms with Crippen LogP contribution in [0, 0.1) is 5.92 Å². The molecule has 1 aliphatic carbocycles. The number of nitrogens with one attached hydrogen (secondary N) is 1. The van der Waals surface area contributed by atoms with Gasteiger partial charge in [0, 0.05) is 19.0 Å². The van der Waals surface area contributed by atoms with Crippen molar-refractivity contribution >= 4 is 12.0 Å². The molecule has 25 heavy (non-hydrogen) atoms. The van der Waals surface area contributed by atoms with Gasteiger partial charge >= 0.3 is 6.09 Å². The number of hydrogen-bond donors (Lipinski definition) is 1. The van der Waals surface area contributed by atoms with E-state index in [2.05, 4.69) is 23.5 Å². The van der Waals surface area contributed by atoms with E-state index in [4.69, 9.17) is 4.74 Å². The molecule has 1 aromatic rings. The summed E-state index contributed by atoms with van der Waals surface area (Å²) in [5.41, 5.74) is 2.11. The minimum Gasteiger partial charge on any atom is -0.444 e. The number of carbonyl (C=O) groups excluding carboxylic acids is 2. The summed E-state index contributed by atoms with van der Waals surface area (Å²) in [6, 6.07) is 8.46. The third kappa shape index (κ3) is 4.33.